The van der Waals surface area contributed by atoms with E-state index in [-0.39, 0.29) is 6.61 Å². The van der Waals surface area contributed by atoms with E-state index in [1.165, 1.54) is 16.3 Å². The standard InChI is InChI=1S/C32H27NO3/c34-32(36-23-25-12-5-2-6-13-25)30-19-18-28(20-31(30)35-22-24-10-3-1-4-11-24)33-21-27-16-9-15-26-14-7-8-17-29(26)27/h1-20,33H,21-23H2. The van der Waals surface area contributed by atoms with Crippen molar-refractivity contribution in [3.63, 3.8) is 0 Å². The first kappa shape index (κ1) is 23.2. The molecule has 0 spiro atoms. The summed E-state index contributed by atoms with van der Waals surface area (Å²) in [6.45, 7) is 1.21. The van der Waals surface area contributed by atoms with Gasteiger partial charge in [0.05, 0.1) is 0 Å². The number of benzene rings is 5. The van der Waals surface area contributed by atoms with Crippen molar-refractivity contribution in [2.75, 3.05) is 5.32 Å². The lowest BCUT2D eigenvalue weighted by molar-refractivity contribution is 0.0467. The number of ether oxygens (including phenoxy) is 2. The molecule has 0 radical (unpaired) electrons. The number of esters is 1. The van der Waals surface area contributed by atoms with Gasteiger partial charge in [-0.1, -0.05) is 103 Å². The second-order valence-electron chi connectivity index (χ2n) is 8.54. The molecule has 4 heteroatoms. The molecule has 0 heterocycles. The van der Waals surface area contributed by atoms with Crippen LogP contribution in [0.3, 0.4) is 0 Å². The van der Waals surface area contributed by atoms with Gasteiger partial charge in [0.1, 0.15) is 24.5 Å². The Balaban J connectivity index is 1.35. The Labute approximate surface area is 211 Å². The lowest BCUT2D eigenvalue weighted by Crippen LogP contribution is -2.09. The van der Waals surface area contributed by atoms with Gasteiger partial charge in [-0.3, -0.25) is 0 Å². The molecule has 1 N–H and O–H groups in total. The quantitative estimate of drug-likeness (QED) is 0.227. The van der Waals surface area contributed by atoms with E-state index in [0.717, 1.165) is 16.8 Å². The minimum atomic E-state index is -0.414. The summed E-state index contributed by atoms with van der Waals surface area (Å²) in [4.78, 5) is 13.0. The Kier molecular flexibility index (Phi) is 7.24. The average Bonchev–Trinajstić information content (AvgIpc) is 2.95. The van der Waals surface area contributed by atoms with Gasteiger partial charge < -0.3 is 14.8 Å². The topological polar surface area (TPSA) is 47.6 Å². The number of nitrogens with one attached hydrogen (secondary N) is 1. The largest absolute Gasteiger partial charge is 0.488 e. The molecule has 0 bridgehead atoms. The highest BCUT2D eigenvalue weighted by atomic mass is 16.5. The summed E-state index contributed by atoms with van der Waals surface area (Å²) in [5.74, 6) is 0.0716. The van der Waals surface area contributed by atoms with Crippen LogP contribution in [0.2, 0.25) is 0 Å². The van der Waals surface area contributed by atoms with Crippen molar-refractivity contribution in [3.05, 3.63) is 144 Å². The third-order valence-corrected chi connectivity index (χ3v) is 6.01. The van der Waals surface area contributed by atoms with Gasteiger partial charge in [0.15, 0.2) is 0 Å². The second kappa shape index (κ2) is 11.2. The zero-order valence-corrected chi connectivity index (χ0v) is 19.9. The molecule has 0 aromatic heterocycles. The van der Waals surface area contributed by atoms with Crippen LogP contribution in [0.1, 0.15) is 27.0 Å². The summed E-state index contributed by atoms with van der Waals surface area (Å²) in [6.07, 6.45) is 0. The first-order chi connectivity index (χ1) is 17.8. The Morgan fingerprint density at radius 3 is 2.11 bits per heavy atom. The first-order valence-electron chi connectivity index (χ1n) is 12.0. The highest BCUT2D eigenvalue weighted by Gasteiger charge is 2.16. The highest BCUT2D eigenvalue weighted by molar-refractivity contribution is 5.93. The van der Waals surface area contributed by atoms with Gasteiger partial charge in [0.25, 0.3) is 0 Å². The van der Waals surface area contributed by atoms with Gasteiger partial charge in [-0.2, -0.15) is 0 Å². The summed E-state index contributed by atoms with van der Waals surface area (Å²) in [7, 11) is 0. The normalized spacial score (nSPS) is 10.7. The summed E-state index contributed by atoms with van der Waals surface area (Å²) in [5.41, 5.74) is 4.43. The van der Waals surface area contributed by atoms with E-state index in [0.29, 0.717) is 24.5 Å². The number of fused-ring (bicyclic) bond motifs is 1. The number of carbonyl (C=O) groups excluding carboxylic acids is 1. The maximum absolute atomic E-state index is 13.0. The molecule has 36 heavy (non-hydrogen) atoms. The van der Waals surface area contributed by atoms with Crippen molar-refractivity contribution in [1.29, 1.82) is 0 Å². The fraction of sp³-hybridized carbons (Fsp3) is 0.0938. The van der Waals surface area contributed by atoms with E-state index in [1.54, 1.807) is 6.07 Å². The molecule has 0 saturated heterocycles. The molecule has 5 aromatic rings. The Bertz CT molecular complexity index is 1440. The van der Waals surface area contributed by atoms with E-state index >= 15 is 0 Å². The monoisotopic (exact) mass is 473 g/mol. The molecular weight excluding hydrogens is 446 g/mol. The molecule has 4 nitrogen and oxygen atoms in total. The van der Waals surface area contributed by atoms with Gasteiger partial charge >= 0.3 is 5.97 Å². The lowest BCUT2D eigenvalue weighted by Gasteiger charge is -2.15. The predicted octanol–water partition coefficient (Wildman–Crippen LogP) is 7.39. The van der Waals surface area contributed by atoms with Crippen molar-refractivity contribution in [2.45, 2.75) is 19.8 Å². The first-order valence-corrected chi connectivity index (χ1v) is 12.0. The maximum atomic E-state index is 13.0. The fourth-order valence-electron chi connectivity index (χ4n) is 4.10. The summed E-state index contributed by atoms with van der Waals surface area (Å²) in [6, 6.07) is 39.7. The third kappa shape index (κ3) is 5.73. The van der Waals surface area contributed by atoms with Crippen LogP contribution < -0.4 is 10.1 Å². The van der Waals surface area contributed by atoms with Crippen LogP contribution >= 0.6 is 0 Å². The zero-order valence-electron chi connectivity index (χ0n) is 19.9. The van der Waals surface area contributed by atoms with E-state index in [1.807, 2.05) is 78.9 Å². The molecule has 0 aliphatic rings. The Hall–Kier alpha value is -4.57. The van der Waals surface area contributed by atoms with Gasteiger partial charge in [-0.15, -0.1) is 0 Å². The molecule has 0 saturated carbocycles. The van der Waals surface area contributed by atoms with Crippen molar-refractivity contribution in [3.8, 4) is 5.75 Å². The third-order valence-electron chi connectivity index (χ3n) is 6.01. The van der Waals surface area contributed by atoms with Crippen molar-refractivity contribution >= 4 is 22.4 Å². The molecule has 0 unspecified atom stereocenters. The summed E-state index contributed by atoms with van der Waals surface area (Å²) < 4.78 is 11.7. The number of hydrogen-bond donors (Lipinski definition) is 1. The van der Waals surface area contributed by atoms with Gasteiger partial charge in [-0.05, 0) is 39.6 Å². The maximum Gasteiger partial charge on any atom is 0.342 e. The van der Waals surface area contributed by atoms with Crippen LogP contribution in [0.4, 0.5) is 5.69 Å². The molecule has 178 valence electrons. The molecule has 5 rings (SSSR count). The summed E-state index contributed by atoms with van der Waals surface area (Å²) >= 11 is 0. The van der Waals surface area contributed by atoms with Crippen LogP contribution in [0.5, 0.6) is 5.75 Å². The van der Waals surface area contributed by atoms with E-state index in [4.69, 9.17) is 9.47 Å². The molecular formula is C32H27NO3. The predicted molar refractivity (Wildman–Crippen MR) is 144 cm³/mol. The van der Waals surface area contributed by atoms with Crippen LogP contribution in [0, 0.1) is 0 Å². The SMILES string of the molecule is O=C(OCc1ccccc1)c1ccc(NCc2cccc3ccccc23)cc1OCc1ccccc1. The van der Waals surface area contributed by atoms with Crippen LogP contribution in [0.15, 0.2) is 121 Å². The summed E-state index contributed by atoms with van der Waals surface area (Å²) in [5, 5.41) is 5.91. The van der Waals surface area contributed by atoms with Gasteiger partial charge in [0.2, 0.25) is 0 Å². The number of carbonyl (C=O) groups is 1. The molecule has 0 aliphatic carbocycles. The van der Waals surface area contributed by atoms with E-state index in [2.05, 4.69) is 41.7 Å². The lowest BCUT2D eigenvalue weighted by atomic mass is 10.0. The number of rotatable bonds is 9. The van der Waals surface area contributed by atoms with Crippen LogP contribution in [-0.4, -0.2) is 5.97 Å². The van der Waals surface area contributed by atoms with Crippen LogP contribution in [-0.2, 0) is 24.5 Å². The van der Waals surface area contributed by atoms with Crippen molar-refractivity contribution in [1.82, 2.24) is 0 Å². The molecule has 0 atom stereocenters. The van der Waals surface area contributed by atoms with Crippen LogP contribution in [0.25, 0.3) is 10.8 Å². The number of hydrogen-bond acceptors (Lipinski definition) is 4. The Morgan fingerprint density at radius 1 is 0.667 bits per heavy atom. The van der Waals surface area contributed by atoms with E-state index in [9.17, 15) is 4.79 Å². The highest BCUT2D eigenvalue weighted by Crippen LogP contribution is 2.27. The molecule has 0 fully saturated rings. The van der Waals surface area contributed by atoms with Crippen molar-refractivity contribution < 1.29 is 14.3 Å². The molecule has 5 aromatic carbocycles. The number of anilines is 1. The molecule has 0 amide bonds. The smallest absolute Gasteiger partial charge is 0.342 e. The molecule has 0 aliphatic heterocycles. The van der Waals surface area contributed by atoms with Gasteiger partial charge in [0, 0.05) is 18.3 Å². The average molecular weight is 474 g/mol. The minimum Gasteiger partial charge on any atom is -0.488 e. The van der Waals surface area contributed by atoms with Gasteiger partial charge in [-0.25, -0.2) is 4.79 Å². The zero-order chi connectivity index (χ0) is 24.6. The van der Waals surface area contributed by atoms with Crippen molar-refractivity contribution in [2.24, 2.45) is 0 Å². The van der Waals surface area contributed by atoms with E-state index < -0.39 is 5.97 Å². The fourth-order valence-corrected chi connectivity index (χ4v) is 4.10. The Morgan fingerprint density at radius 2 is 1.33 bits per heavy atom. The second-order valence-corrected chi connectivity index (χ2v) is 8.54. The minimum absolute atomic E-state index is 0.207.